The Bertz CT molecular complexity index is 462. The molecule has 0 aliphatic rings. The Morgan fingerprint density at radius 2 is 1.40 bits per heavy atom. The van der Waals surface area contributed by atoms with E-state index in [1.807, 2.05) is 0 Å². The summed E-state index contributed by atoms with van der Waals surface area (Å²) in [5.74, 6) is -0.544. The maximum atomic E-state index is 12.3. The van der Waals surface area contributed by atoms with Crippen molar-refractivity contribution in [1.82, 2.24) is 0 Å². The molecule has 0 saturated heterocycles. The fraction of sp³-hybridized carbons (Fsp3) is 0.682. The van der Waals surface area contributed by atoms with Crippen LogP contribution in [0, 0.1) is 0 Å². The molecule has 0 saturated carbocycles. The standard InChI is InChI=1S/C22H39O2P/c1-4-7-13-18-25(19-14-8-5-2,20-15-11-10-12-16-20)21(22(23)24)17-9-6-3/h10-12,15-16,21,25H,4-9,13-14,17-19H2,1-3H3,(H,23,24). The summed E-state index contributed by atoms with van der Waals surface area (Å²) in [7, 11) is -2.08. The topological polar surface area (TPSA) is 37.3 Å². The quantitative estimate of drug-likeness (QED) is 0.320. The summed E-state index contributed by atoms with van der Waals surface area (Å²) in [5.41, 5.74) is -0.136. The number of hydrogen-bond acceptors (Lipinski definition) is 1. The van der Waals surface area contributed by atoms with Gasteiger partial charge in [0.25, 0.3) is 0 Å². The van der Waals surface area contributed by atoms with Crippen LogP contribution in [-0.2, 0) is 4.79 Å². The number of benzene rings is 1. The molecule has 0 amide bonds. The van der Waals surface area contributed by atoms with Gasteiger partial charge in [-0.25, -0.2) is 0 Å². The number of rotatable bonds is 14. The summed E-state index contributed by atoms with van der Waals surface area (Å²) in [6, 6.07) is 10.7. The minimum absolute atomic E-state index is 0.136. The van der Waals surface area contributed by atoms with E-state index in [1.54, 1.807) is 0 Å². The van der Waals surface area contributed by atoms with Crippen LogP contribution in [0.5, 0.6) is 0 Å². The average Bonchev–Trinajstić information content (AvgIpc) is 2.62. The molecule has 0 bridgehead atoms. The van der Waals surface area contributed by atoms with Crippen LogP contribution in [-0.4, -0.2) is 29.1 Å². The molecular weight excluding hydrogens is 327 g/mol. The third-order valence-electron chi connectivity index (χ3n) is 5.61. The molecular formula is C22H39O2P. The predicted octanol–water partition coefficient (Wildman–Crippen LogP) is 6.09. The Morgan fingerprint density at radius 1 is 0.880 bits per heavy atom. The van der Waals surface area contributed by atoms with Crippen molar-refractivity contribution in [3.8, 4) is 0 Å². The Hall–Kier alpha value is -0.880. The average molecular weight is 367 g/mol. The van der Waals surface area contributed by atoms with Crippen LogP contribution in [0.1, 0.15) is 78.6 Å². The third-order valence-corrected chi connectivity index (χ3v) is 11.5. The van der Waals surface area contributed by atoms with Crippen molar-refractivity contribution in [3.63, 3.8) is 0 Å². The molecule has 2 nitrogen and oxygen atoms in total. The molecule has 0 aliphatic carbocycles. The van der Waals surface area contributed by atoms with Crippen LogP contribution in [0.2, 0.25) is 0 Å². The Labute approximate surface area is 155 Å². The van der Waals surface area contributed by atoms with Gasteiger partial charge in [0, 0.05) is 0 Å². The number of aliphatic carboxylic acids is 1. The van der Waals surface area contributed by atoms with Crippen molar-refractivity contribution in [2.75, 3.05) is 12.3 Å². The molecule has 25 heavy (non-hydrogen) atoms. The van der Waals surface area contributed by atoms with Gasteiger partial charge in [0.1, 0.15) is 0 Å². The molecule has 1 rings (SSSR count). The monoisotopic (exact) mass is 366 g/mol. The van der Waals surface area contributed by atoms with Gasteiger partial charge in [0.2, 0.25) is 0 Å². The van der Waals surface area contributed by atoms with Crippen molar-refractivity contribution in [1.29, 1.82) is 0 Å². The zero-order valence-corrected chi connectivity index (χ0v) is 17.6. The van der Waals surface area contributed by atoms with Gasteiger partial charge in [0.05, 0.1) is 0 Å². The molecule has 0 aromatic heterocycles. The molecule has 1 N–H and O–H groups in total. The van der Waals surface area contributed by atoms with Gasteiger partial charge in [-0.2, -0.15) is 0 Å². The van der Waals surface area contributed by atoms with E-state index in [9.17, 15) is 9.90 Å². The fourth-order valence-corrected chi connectivity index (χ4v) is 9.93. The Kier molecular flexibility index (Phi) is 11.1. The number of carbonyl (C=O) groups is 1. The summed E-state index contributed by atoms with van der Waals surface area (Å²) >= 11 is 0. The first-order valence-corrected chi connectivity index (χ1v) is 12.9. The summed E-state index contributed by atoms with van der Waals surface area (Å²) in [6.45, 7) is 6.63. The van der Waals surface area contributed by atoms with Crippen LogP contribution in [0.25, 0.3) is 0 Å². The molecule has 0 heterocycles. The van der Waals surface area contributed by atoms with Crippen LogP contribution in [0.3, 0.4) is 0 Å². The van der Waals surface area contributed by atoms with Gasteiger partial charge in [-0.1, -0.05) is 0 Å². The van der Waals surface area contributed by atoms with Gasteiger partial charge < -0.3 is 0 Å². The molecule has 1 aromatic rings. The van der Waals surface area contributed by atoms with Gasteiger partial charge in [0.15, 0.2) is 0 Å². The van der Waals surface area contributed by atoms with E-state index in [0.717, 1.165) is 31.6 Å². The molecule has 0 fully saturated rings. The minimum atomic E-state index is -2.08. The van der Waals surface area contributed by atoms with E-state index >= 15 is 0 Å². The third kappa shape index (κ3) is 6.74. The number of unbranched alkanes of at least 4 members (excludes halogenated alkanes) is 5. The fourth-order valence-electron chi connectivity index (χ4n) is 4.16. The van der Waals surface area contributed by atoms with E-state index in [2.05, 4.69) is 51.1 Å². The SMILES string of the molecule is CCCCC[PH](CCCCC)(c1ccccc1)C(CCCC)C(=O)O. The van der Waals surface area contributed by atoms with E-state index in [1.165, 1.54) is 43.8 Å². The molecule has 1 aromatic carbocycles. The summed E-state index contributed by atoms with van der Waals surface area (Å²) < 4.78 is 0. The first-order valence-electron chi connectivity index (χ1n) is 10.4. The molecule has 1 atom stereocenters. The van der Waals surface area contributed by atoms with Crippen LogP contribution in [0.15, 0.2) is 30.3 Å². The van der Waals surface area contributed by atoms with Crippen molar-refractivity contribution in [3.05, 3.63) is 30.3 Å². The normalized spacial score (nSPS) is 13.6. The maximum absolute atomic E-state index is 12.3. The van der Waals surface area contributed by atoms with E-state index < -0.39 is 13.2 Å². The number of carboxylic acid groups (broad SMARTS) is 1. The predicted molar refractivity (Wildman–Crippen MR) is 114 cm³/mol. The van der Waals surface area contributed by atoms with Gasteiger partial charge in [-0.3, -0.25) is 0 Å². The van der Waals surface area contributed by atoms with Crippen molar-refractivity contribution in [2.24, 2.45) is 0 Å². The molecule has 0 radical (unpaired) electrons. The van der Waals surface area contributed by atoms with Crippen LogP contribution >= 0.6 is 7.26 Å². The zero-order chi connectivity index (χ0) is 18.5. The van der Waals surface area contributed by atoms with Gasteiger partial charge >= 0.3 is 155 Å². The Morgan fingerprint density at radius 3 is 1.84 bits per heavy atom. The van der Waals surface area contributed by atoms with E-state index in [0.29, 0.717) is 0 Å². The summed E-state index contributed by atoms with van der Waals surface area (Å²) in [4.78, 5) is 12.3. The molecule has 0 spiro atoms. The van der Waals surface area contributed by atoms with E-state index in [4.69, 9.17) is 0 Å². The first kappa shape index (κ1) is 22.2. The molecule has 0 aliphatic heterocycles. The second kappa shape index (κ2) is 12.5. The van der Waals surface area contributed by atoms with Crippen molar-refractivity contribution in [2.45, 2.75) is 84.2 Å². The van der Waals surface area contributed by atoms with Gasteiger partial charge in [-0.05, 0) is 0 Å². The van der Waals surface area contributed by atoms with E-state index in [-0.39, 0.29) is 5.66 Å². The number of carboxylic acids is 1. The van der Waals surface area contributed by atoms with Crippen LogP contribution in [0.4, 0.5) is 0 Å². The molecule has 144 valence electrons. The summed E-state index contributed by atoms with van der Waals surface area (Å²) in [6.07, 6.45) is 12.4. The summed E-state index contributed by atoms with van der Waals surface area (Å²) in [5, 5.41) is 11.5. The molecule has 3 heteroatoms. The Balaban J connectivity index is 3.26. The first-order chi connectivity index (χ1) is 12.1. The zero-order valence-electron chi connectivity index (χ0n) is 16.6. The second-order valence-electron chi connectivity index (χ2n) is 7.47. The van der Waals surface area contributed by atoms with Crippen molar-refractivity contribution >= 4 is 18.5 Å². The van der Waals surface area contributed by atoms with Gasteiger partial charge in [-0.15, -0.1) is 0 Å². The second-order valence-corrected chi connectivity index (χ2v) is 12.1. The van der Waals surface area contributed by atoms with Crippen LogP contribution < -0.4 is 5.30 Å². The molecule has 1 unspecified atom stereocenters. The number of hydrogen-bond donors (Lipinski definition) is 1. The van der Waals surface area contributed by atoms with Crippen molar-refractivity contribution < 1.29 is 9.90 Å².